The van der Waals surface area contributed by atoms with Crippen LogP contribution in [0.5, 0.6) is 0 Å². The third-order valence-corrected chi connectivity index (χ3v) is 5.16. The second-order valence-corrected chi connectivity index (χ2v) is 7.14. The van der Waals surface area contributed by atoms with E-state index >= 15 is 0 Å². The number of rotatable bonds is 3. The highest BCUT2D eigenvalue weighted by Gasteiger charge is 2.36. The molecule has 0 spiro atoms. The Morgan fingerprint density at radius 3 is 2.56 bits per heavy atom. The van der Waals surface area contributed by atoms with Gasteiger partial charge in [0.15, 0.2) is 0 Å². The Morgan fingerprint density at radius 1 is 1.28 bits per heavy atom. The van der Waals surface area contributed by atoms with E-state index in [1.807, 2.05) is 12.1 Å². The Kier molecular flexibility index (Phi) is 4.81. The highest BCUT2D eigenvalue weighted by molar-refractivity contribution is 9.10. The molecule has 1 atom stereocenters. The second kappa shape index (κ2) is 6.00. The Balaban J connectivity index is 1.91. The number of halogens is 4. The lowest BCUT2D eigenvalue weighted by Gasteiger charge is -2.31. The van der Waals surface area contributed by atoms with Crippen LogP contribution in [0.4, 0.5) is 8.78 Å². The Labute approximate surface area is 123 Å². The van der Waals surface area contributed by atoms with Gasteiger partial charge in [0.05, 0.1) is 0 Å². The first kappa shape index (κ1) is 14.4. The molecule has 1 unspecified atom stereocenters. The quantitative estimate of drug-likeness (QED) is 0.599. The molecule has 1 aliphatic rings. The average molecular weight is 382 g/mol. The molecule has 0 bridgehead atoms. The van der Waals surface area contributed by atoms with E-state index in [0.717, 1.165) is 10.9 Å². The molecule has 1 aromatic carbocycles. The molecule has 0 amide bonds. The minimum Gasteiger partial charge on any atom is -0.207 e. The largest absolute Gasteiger partial charge is 0.248 e. The summed E-state index contributed by atoms with van der Waals surface area (Å²) >= 11 is 7.13. The molecule has 0 aromatic heterocycles. The molecule has 0 radical (unpaired) electrons. The van der Waals surface area contributed by atoms with Crippen molar-refractivity contribution in [2.24, 2.45) is 5.92 Å². The zero-order chi connectivity index (χ0) is 13.2. The van der Waals surface area contributed by atoms with Crippen LogP contribution < -0.4 is 0 Å². The zero-order valence-electron chi connectivity index (χ0n) is 10.0. The summed E-state index contributed by atoms with van der Waals surface area (Å²) in [5.41, 5.74) is 1.24. The summed E-state index contributed by atoms with van der Waals surface area (Å²) < 4.78 is 27.3. The van der Waals surface area contributed by atoms with Crippen LogP contribution in [-0.4, -0.2) is 10.7 Å². The first-order chi connectivity index (χ1) is 8.46. The van der Waals surface area contributed by atoms with Crippen LogP contribution in [0.25, 0.3) is 0 Å². The molecule has 1 aromatic rings. The van der Waals surface area contributed by atoms with Crippen molar-refractivity contribution in [3.05, 3.63) is 34.3 Å². The predicted molar refractivity (Wildman–Crippen MR) is 77.5 cm³/mol. The first-order valence-corrected chi connectivity index (χ1v) is 7.93. The van der Waals surface area contributed by atoms with Gasteiger partial charge in [0.25, 0.3) is 0 Å². The fraction of sp³-hybridized carbons (Fsp3) is 0.571. The van der Waals surface area contributed by atoms with E-state index in [9.17, 15) is 8.78 Å². The molecule has 2 rings (SSSR count). The third-order valence-electron chi connectivity index (χ3n) is 3.59. The molecular formula is C14H16Br2F2. The summed E-state index contributed by atoms with van der Waals surface area (Å²) in [6, 6.07) is 8.17. The fourth-order valence-corrected chi connectivity index (χ4v) is 3.83. The van der Waals surface area contributed by atoms with Crippen molar-refractivity contribution < 1.29 is 8.78 Å². The van der Waals surface area contributed by atoms with Crippen LogP contribution in [0.2, 0.25) is 0 Å². The molecule has 4 heteroatoms. The minimum absolute atomic E-state index is 0.0399. The Morgan fingerprint density at radius 2 is 1.94 bits per heavy atom. The Hall–Kier alpha value is 0.0400. The molecule has 0 aliphatic heterocycles. The van der Waals surface area contributed by atoms with E-state index in [0.29, 0.717) is 23.6 Å². The van der Waals surface area contributed by atoms with Crippen LogP contribution in [0.1, 0.15) is 31.2 Å². The van der Waals surface area contributed by atoms with Crippen LogP contribution >= 0.6 is 31.9 Å². The number of alkyl halides is 3. The number of hydrogen-bond acceptors (Lipinski definition) is 0. The minimum atomic E-state index is -2.43. The zero-order valence-corrected chi connectivity index (χ0v) is 13.2. The Bertz CT molecular complexity index is 397. The molecular weight excluding hydrogens is 366 g/mol. The van der Waals surface area contributed by atoms with Crippen molar-refractivity contribution in [3.8, 4) is 0 Å². The predicted octanol–water partition coefficient (Wildman–Crippen LogP) is 5.58. The summed E-state index contributed by atoms with van der Waals surface area (Å²) in [5.74, 6) is -2.07. The average Bonchev–Trinajstić information content (AvgIpc) is 2.28. The van der Waals surface area contributed by atoms with Crippen molar-refractivity contribution >= 4 is 31.9 Å². The molecule has 0 N–H and O–H groups in total. The summed E-state index contributed by atoms with van der Waals surface area (Å²) in [5, 5.41) is 0. The van der Waals surface area contributed by atoms with E-state index in [4.69, 9.17) is 0 Å². The monoisotopic (exact) mass is 380 g/mol. The first-order valence-electron chi connectivity index (χ1n) is 6.23. The topological polar surface area (TPSA) is 0 Å². The summed E-state index contributed by atoms with van der Waals surface area (Å²) in [6.07, 6.45) is 2.22. The van der Waals surface area contributed by atoms with Crippen molar-refractivity contribution in [1.82, 2.24) is 0 Å². The molecule has 1 saturated carbocycles. The molecule has 1 aliphatic carbocycles. The van der Waals surface area contributed by atoms with Gasteiger partial charge in [-0.05, 0) is 42.9 Å². The number of benzene rings is 1. The van der Waals surface area contributed by atoms with E-state index < -0.39 is 5.92 Å². The van der Waals surface area contributed by atoms with Gasteiger partial charge in [0.1, 0.15) is 0 Å². The molecule has 0 nitrogen and oxygen atoms in total. The van der Waals surface area contributed by atoms with Crippen molar-refractivity contribution in [3.63, 3.8) is 0 Å². The van der Waals surface area contributed by atoms with Crippen LogP contribution in [-0.2, 0) is 6.42 Å². The standard InChI is InChI=1S/C14H16Br2F2/c15-12-3-1-2-10(8-12)9-13(16)11-4-6-14(17,18)7-5-11/h1-3,8,11,13H,4-7,9H2. The van der Waals surface area contributed by atoms with E-state index in [-0.39, 0.29) is 12.8 Å². The van der Waals surface area contributed by atoms with Gasteiger partial charge >= 0.3 is 0 Å². The lowest BCUT2D eigenvalue weighted by atomic mass is 9.83. The fourth-order valence-electron chi connectivity index (χ4n) is 2.48. The maximum atomic E-state index is 13.1. The SMILES string of the molecule is FC1(F)CCC(C(Br)Cc2cccc(Br)c2)CC1. The maximum absolute atomic E-state index is 13.1. The van der Waals surface area contributed by atoms with Gasteiger partial charge < -0.3 is 0 Å². The molecule has 0 heterocycles. The summed E-state index contributed by atoms with van der Waals surface area (Å²) in [4.78, 5) is 0.294. The van der Waals surface area contributed by atoms with Gasteiger partial charge in [-0.15, -0.1) is 0 Å². The van der Waals surface area contributed by atoms with Gasteiger partial charge in [-0.3, -0.25) is 0 Å². The number of hydrogen-bond donors (Lipinski definition) is 0. The molecule has 100 valence electrons. The van der Waals surface area contributed by atoms with E-state index in [1.165, 1.54) is 5.56 Å². The van der Waals surface area contributed by atoms with Gasteiger partial charge in [0.2, 0.25) is 5.92 Å². The van der Waals surface area contributed by atoms with Gasteiger partial charge in [-0.2, -0.15) is 0 Å². The molecule has 18 heavy (non-hydrogen) atoms. The normalized spacial score (nSPS) is 21.8. The van der Waals surface area contributed by atoms with Crippen molar-refractivity contribution in [1.29, 1.82) is 0 Å². The highest BCUT2D eigenvalue weighted by atomic mass is 79.9. The second-order valence-electron chi connectivity index (χ2n) is 5.04. The van der Waals surface area contributed by atoms with Crippen LogP contribution in [0.3, 0.4) is 0 Å². The maximum Gasteiger partial charge on any atom is 0.248 e. The van der Waals surface area contributed by atoms with Gasteiger partial charge in [-0.1, -0.05) is 44.0 Å². The van der Waals surface area contributed by atoms with Crippen molar-refractivity contribution in [2.75, 3.05) is 0 Å². The smallest absolute Gasteiger partial charge is 0.207 e. The van der Waals surface area contributed by atoms with Gasteiger partial charge in [-0.25, -0.2) is 8.78 Å². The van der Waals surface area contributed by atoms with E-state index in [1.54, 1.807) is 0 Å². The highest BCUT2D eigenvalue weighted by Crippen LogP contribution is 2.39. The lowest BCUT2D eigenvalue weighted by molar-refractivity contribution is -0.0456. The summed E-state index contributed by atoms with van der Waals surface area (Å²) in [7, 11) is 0. The van der Waals surface area contributed by atoms with Gasteiger partial charge in [0, 0.05) is 22.1 Å². The van der Waals surface area contributed by atoms with Crippen LogP contribution in [0.15, 0.2) is 28.7 Å². The molecule has 0 saturated heterocycles. The summed E-state index contributed by atoms with van der Waals surface area (Å²) in [6.45, 7) is 0. The van der Waals surface area contributed by atoms with E-state index in [2.05, 4.69) is 44.0 Å². The lowest BCUT2D eigenvalue weighted by Crippen LogP contribution is -2.29. The van der Waals surface area contributed by atoms with Crippen LogP contribution in [0, 0.1) is 5.92 Å². The third kappa shape index (κ3) is 4.02. The van der Waals surface area contributed by atoms with Crippen molar-refractivity contribution in [2.45, 2.75) is 42.9 Å². The molecule has 1 fully saturated rings.